The van der Waals surface area contributed by atoms with Gasteiger partial charge in [0.2, 0.25) is 5.91 Å². The van der Waals surface area contributed by atoms with Crippen molar-refractivity contribution in [2.45, 2.75) is 44.9 Å². The fourth-order valence-electron chi connectivity index (χ4n) is 2.79. The van der Waals surface area contributed by atoms with Gasteiger partial charge >= 0.3 is 0 Å². The summed E-state index contributed by atoms with van der Waals surface area (Å²) in [5.74, 6) is 0.981. The fourth-order valence-corrected chi connectivity index (χ4v) is 3.47. The van der Waals surface area contributed by atoms with Gasteiger partial charge in [-0.25, -0.2) is 0 Å². The highest BCUT2D eigenvalue weighted by atomic mass is 32.1. The summed E-state index contributed by atoms with van der Waals surface area (Å²) in [5.41, 5.74) is 1.23. The van der Waals surface area contributed by atoms with Gasteiger partial charge in [-0.05, 0) is 41.7 Å². The van der Waals surface area contributed by atoms with Gasteiger partial charge in [-0.1, -0.05) is 13.3 Å². The number of nitrogens with one attached hydrogen (secondary N) is 1. The molecule has 2 aliphatic rings. The van der Waals surface area contributed by atoms with Gasteiger partial charge in [-0.3, -0.25) is 10.1 Å². The largest absolute Gasteiger partial charge is 0.318 e. The fraction of sp³-hybridized carbons (Fsp3) is 0.615. The minimum atomic E-state index is -0.0435. The maximum atomic E-state index is 12.2. The van der Waals surface area contributed by atoms with Crippen molar-refractivity contribution in [2.24, 2.45) is 5.92 Å². The first kappa shape index (κ1) is 11.2. The average Bonchev–Trinajstić information content (AvgIpc) is 2.77. The van der Waals surface area contributed by atoms with Crippen LogP contribution in [-0.2, 0) is 4.79 Å². The first-order valence-electron chi connectivity index (χ1n) is 6.32. The third-order valence-corrected chi connectivity index (χ3v) is 4.64. The van der Waals surface area contributed by atoms with Crippen molar-refractivity contribution in [1.29, 1.82) is 0 Å². The van der Waals surface area contributed by atoms with Crippen LogP contribution < -0.4 is 5.32 Å². The molecule has 1 amide bonds. The SMILES string of the molecule is CCC1CC1N1C(=O)C(C)NC1c1ccsc1. The maximum Gasteiger partial charge on any atom is 0.241 e. The van der Waals surface area contributed by atoms with E-state index < -0.39 is 0 Å². The highest BCUT2D eigenvalue weighted by molar-refractivity contribution is 7.07. The number of hydrogen-bond donors (Lipinski definition) is 1. The van der Waals surface area contributed by atoms with Gasteiger partial charge in [-0.15, -0.1) is 0 Å². The summed E-state index contributed by atoms with van der Waals surface area (Å²) < 4.78 is 0. The van der Waals surface area contributed by atoms with Crippen molar-refractivity contribution < 1.29 is 4.79 Å². The van der Waals surface area contributed by atoms with E-state index in [1.54, 1.807) is 11.3 Å². The molecule has 3 rings (SSSR count). The van der Waals surface area contributed by atoms with Gasteiger partial charge in [0.05, 0.1) is 6.04 Å². The summed E-state index contributed by atoms with van der Waals surface area (Å²) in [5, 5.41) is 7.62. The highest BCUT2D eigenvalue weighted by Gasteiger charge is 2.50. The molecular weight excluding hydrogens is 232 g/mol. The molecule has 92 valence electrons. The Balaban J connectivity index is 1.85. The Morgan fingerprint density at radius 1 is 1.59 bits per heavy atom. The van der Waals surface area contributed by atoms with Crippen LogP contribution in [0.15, 0.2) is 16.8 Å². The van der Waals surface area contributed by atoms with Crippen LogP contribution in [0.2, 0.25) is 0 Å². The Morgan fingerprint density at radius 3 is 3.00 bits per heavy atom. The van der Waals surface area contributed by atoms with Crippen molar-refractivity contribution in [3.63, 3.8) is 0 Å². The van der Waals surface area contributed by atoms with Gasteiger partial charge < -0.3 is 4.90 Å². The third-order valence-electron chi connectivity index (χ3n) is 3.94. The van der Waals surface area contributed by atoms with E-state index in [0.29, 0.717) is 12.0 Å². The number of carbonyl (C=O) groups is 1. The van der Waals surface area contributed by atoms with Crippen LogP contribution in [0.4, 0.5) is 0 Å². The van der Waals surface area contributed by atoms with Crippen LogP contribution in [0.25, 0.3) is 0 Å². The molecule has 1 aliphatic heterocycles. The Hall–Kier alpha value is -0.870. The lowest BCUT2D eigenvalue weighted by Crippen LogP contribution is -2.33. The second-order valence-electron chi connectivity index (χ2n) is 5.06. The molecule has 0 spiro atoms. The highest BCUT2D eigenvalue weighted by Crippen LogP contribution is 2.44. The van der Waals surface area contributed by atoms with E-state index in [1.807, 2.05) is 6.92 Å². The van der Waals surface area contributed by atoms with E-state index in [4.69, 9.17) is 0 Å². The maximum absolute atomic E-state index is 12.2. The van der Waals surface area contributed by atoms with E-state index in [9.17, 15) is 4.79 Å². The summed E-state index contributed by atoms with van der Waals surface area (Å²) in [6.45, 7) is 4.17. The molecule has 0 radical (unpaired) electrons. The Kier molecular flexibility index (Phi) is 2.71. The van der Waals surface area contributed by atoms with Gasteiger partial charge in [0.1, 0.15) is 6.17 Å². The van der Waals surface area contributed by atoms with Crippen LogP contribution in [0.1, 0.15) is 38.4 Å². The summed E-state index contributed by atoms with van der Waals surface area (Å²) >= 11 is 1.69. The third kappa shape index (κ3) is 1.79. The van der Waals surface area contributed by atoms with Crippen molar-refractivity contribution in [1.82, 2.24) is 10.2 Å². The Labute approximate surface area is 106 Å². The number of nitrogens with zero attached hydrogens (tertiary/aromatic N) is 1. The molecular formula is C13H18N2OS. The van der Waals surface area contributed by atoms with E-state index in [-0.39, 0.29) is 18.1 Å². The molecule has 2 fully saturated rings. The van der Waals surface area contributed by atoms with Gasteiger partial charge in [0, 0.05) is 6.04 Å². The second kappa shape index (κ2) is 4.10. The lowest BCUT2D eigenvalue weighted by atomic mass is 10.2. The molecule has 17 heavy (non-hydrogen) atoms. The average molecular weight is 250 g/mol. The zero-order chi connectivity index (χ0) is 12.0. The quantitative estimate of drug-likeness (QED) is 0.893. The standard InChI is InChI=1S/C13H18N2OS/c1-3-9-6-11(9)15-12(10-4-5-17-7-10)14-8(2)13(15)16/h4-5,7-9,11-12,14H,3,6H2,1-2H3. The molecule has 4 unspecified atom stereocenters. The molecule has 0 bridgehead atoms. The molecule has 1 saturated carbocycles. The zero-order valence-electron chi connectivity index (χ0n) is 10.2. The predicted molar refractivity (Wildman–Crippen MR) is 68.7 cm³/mol. The minimum Gasteiger partial charge on any atom is -0.318 e. The number of rotatable bonds is 3. The van der Waals surface area contributed by atoms with Crippen LogP contribution in [0.3, 0.4) is 0 Å². The molecule has 1 aromatic rings. The van der Waals surface area contributed by atoms with Crippen molar-refractivity contribution >= 4 is 17.2 Å². The summed E-state index contributed by atoms with van der Waals surface area (Å²) in [4.78, 5) is 14.3. The smallest absolute Gasteiger partial charge is 0.241 e. The molecule has 4 heteroatoms. The van der Waals surface area contributed by atoms with Crippen LogP contribution >= 0.6 is 11.3 Å². The molecule has 1 N–H and O–H groups in total. The van der Waals surface area contributed by atoms with Gasteiger partial charge in [0.15, 0.2) is 0 Å². The van der Waals surface area contributed by atoms with Gasteiger partial charge in [-0.2, -0.15) is 11.3 Å². The van der Waals surface area contributed by atoms with E-state index >= 15 is 0 Å². The second-order valence-corrected chi connectivity index (χ2v) is 5.84. The normalized spacial score (nSPS) is 36.6. The first-order valence-corrected chi connectivity index (χ1v) is 7.27. The predicted octanol–water partition coefficient (Wildman–Crippen LogP) is 2.37. The van der Waals surface area contributed by atoms with E-state index in [2.05, 4.69) is 34.0 Å². The lowest BCUT2D eigenvalue weighted by Gasteiger charge is -2.24. The van der Waals surface area contributed by atoms with Crippen LogP contribution in [0.5, 0.6) is 0 Å². The van der Waals surface area contributed by atoms with Crippen LogP contribution in [0, 0.1) is 5.92 Å². The van der Waals surface area contributed by atoms with Gasteiger partial charge in [0.25, 0.3) is 0 Å². The minimum absolute atomic E-state index is 0.0435. The van der Waals surface area contributed by atoms with E-state index in [0.717, 1.165) is 0 Å². The van der Waals surface area contributed by atoms with Crippen molar-refractivity contribution in [3.8, 4) is 0 Å². The lowest BCUT2D eigenvalue weighted by molar-refractivity contribution is -0.130. The summed E-state index contributed by atoms with van der Waals surface area (Å²) in [7, 11) is 0. The molecule has 0 aromatic carbocycles. The number of thiophene rings is 1. The number of carbonyl (C=O) groups excluding carboxylic acids is 1. The summed E-state index contributed by atoms with van der Waals surface area (Å²) in [6, 6.07) is 2.54. The molecule has 1 aromatic heterocycles. The molecule has 3 nitrogen and oxygen atoms in total. The Bertz CT molecular complexity index is 417. The first-order chi connectivity index (χ1) is 8.22. The summed E-state index contributed by atoms with van der Waals surface area (Å²) in [6.07, 6.45) is 2.46. The molecule has 1 aliphatic carbocycles. The monoisotopic (exact) mass is 250 g/mol. The number of hydrogen-bond acceptors (Lipinski definition) is 3. The zero-order valence-corrected chi connectivity index (χ0v) is 11.0. The topological polar surface area (TPSA) is 32.3 Å². The Morgan fingerprint density at radius 2 is 2.41 bits per heavy atom. The molecule has 1 saturated heterocycles. The van der Waals surface area contributed by atoms with Crippen molar-refractivity contribution in [3.05, 3.63) is 22.4 Å². The van der Waals surface area contributed by atoms with Crippen LogP contribution in [-0.4, -0.2) is 22.9 Å². The van der Waals surface area contributed by atoms with E-state index in [1.165, 1.54) is 18.4 Å². The van der Waals surface area contributed by atoms with Crippen molar-refractivity contribution in [2.75, 3.05) is 0 Å². The molecule has 4 atom stereocenters. The molecule has 2 heterocycles. The number of amides is 1.